The molecule has 0 aromatic carbocycles. The molecule has 22 heavy (non-hydrogen) atoms. The van der Waals surface area contributed by atoms with E-state index < -0.39 is 5.41 Å². The van der Waals surface area contributed by atoms with Crippen LogP contribution < -0.4 is 5.73 Å². The molecule has 2 aliphatic carbocycles. The molecule has 2 N–H and O–H groups in total. The van der Waals surface area contributed by atoms with Crippen LogP contribution in [-0.4, -0.2) is 19.6 Å². The molecule has 0 bridgehead atoms. The summed E-state index contributed by atoms with van der Waals surface area (Å²) < 4.78 is 5.17. The van der Waals surface area contributed by atoms with Gasteiger partial charge >= 0.3 is 5.97 Å². The molecule has 2 fully saturated rings. The molecule has 3 nitrogen and oxygen atoms in total. The van der Waals surface area contributed by atoms with Gasteiger partial charge in [-0.05, 0) is 24.7 Å². The summed E-state index contributed by atoms with van der Waals surface area (Å²) in [6.45, 7) is 0.451. The van der Waals surface area contributed by atoms with E-state index in [9.17, 15) is 4.79 Å². The highest BCUT2D eigenvalue weighted by Crippen LogP contribution is 2.42. The topological polar surface area (TPSA) is 52.3 Å². The van der Waals surface area contributed by atoms with Gasteiger partial charge in [0, 0.05) is 6.54 Å². The lowest BCUT2D eigenvalue weighted by molar-refractivity contribution is -0.155. The normalized spacial score (nSPS) is 21.2. The van der Waals surface area contributed by atoms with Gasteiger partial charge in [-0.3, -0.25) is 4.79 Å². The molecule has 2 saturated carbocycles. The molecule has 0 aromatic rings. The SMILES string of the molecule is COC(=O)C(CN)(CC1CCCCC1)CC1CCCCC1.Cl. The van der Waals surface area contributed by atoms with Crippen molar-refractivity contribution in [2.75, 3.05) is 13.7 Å². The molecule has 0 atom stereocenters. The summed E-state index contributed by atoms with van der Waals surface area (Å²) in [7, 11) is 1.52. The fraction of sp³-hybridized carbons (Fsp3) is 0.944. The molecule has 0 amide bonds. The number of rotatable bonds is 6. The Hall–Kier alpha value is -0.280. The molecule has 0 radical (unpaired) electrons. The van der Waals surface area contributed by atoms with Crippen LogP contribution in [-0.2, 0) is 9.53 Å². The van der Waals surface area contributed by atoms with Crippen LogP contribution >= 0.6 is 12.4 Å². The third-order valence-corrected chi connectivity index (χ3v) is 5.82. The van der Waals surface area contributed by atoms with Gasteiger partial charge < -0.3 is 10.5 Å². The maximum Gasteiger partial charge on any atom is 0.313 e. The van der Waals surface area contributed by atoms with Gasteiger partial charge in [-0.15, -0.1) is 12.4 Å². The minimum absolute atomic E-state index is 0. The maximum atomic E-state index is 12.5. The molecule has 0 aliphatic heterocycles. The number of hydrogen-bond acceptors (Lipinski definition) is 3. The van der Waals surface area contributed by atoms with Crippen molar-refractivity contribution in [2.45, 2.75) is 77.0 Å². The van der Waals surface area contributed by atoms with Gasteiger partial charge in [-0.2, -0.15) is 0 Å². The van der Waals surface area contributed by atoms with Crippen LogP contribution in [0.4, 0.5) is 0 Å². The summed E-state index contributed by atoms with van der Waals surface area (Å²) in [4.78, 5) is 12.5. The second kappa shape index (κ2) is 9.77. The van der Waals surface area contributed by atoms with Crippen LogP contribution in [0.5, 0.6) is 0 Å². The van der Waals surface area contributed by atoms with Gasteiger partial charge in [0.1, 0.15) is 0 Å². The highest BCUT2D eigenvalue weighted by molar-refractivity contribution is 5.85. The van der Waals surface area contributed by atoms with E-state index in [2.05, 4.69) is 0 Å². The summed E-state index contributed by atoms with van der Waals surface area (Å²) in [5.41, 5.74) is 5.70. The van der Waals surface area contributed by atoms with E-state index in [-0.39, 0.29) is 18.4 Å². The quantitative estimate of drug-likeness (QED) is 0.731. The number of methoxy groups -OCH3 is 1. The van der Waals surface area contributed by atoms with E-state index in [0.29, 0.717) is 18.4 Å². The van der Waals surface area contributed by atoms with Gasteiger partial charge in [0.2, 0.25) is 0 Å². The molecule has 0 spiro atoms. The van der Waals surface area contributed by atoms with Crippen molar-refractivity contribution in [1.29, 1.82) is 0 Å². The number of halogens is 1. The van der Waals surface area contributed by atoms with E-state index in [1.807, 2.05) is 0 Å². The van der Waals surface area contributed by atoms with Gasteiger partial charge in [-0.1, -0.05) is 64.2 Å². The predicted octanol–water partition coefficient (Wildman–Crippen LogP) is 4.47. The Morgan fingerprint density at radius 3 is 1.68 bits per heavy atom. The van der Waals surface area contributed by atoms with Crippen LogP contribution in [0.3, 0.4) is 0 Å². The third-order valence-electron chi connectivity index (χ3n) is 5.82. The van der Waals surface area contributed by atoms with E-state index in [1.165, 1.54) is 71.3 Å². The molecule has 4 heteroatoms. The van der Waals surface area contributed by atoms with Gasteiger partial charge in [0.25, 0.3) is 0 Å². The van der Waals surface area contributed by atoms with Gasteiger partial charge in [0.15, 0.2) is 0 Å². The Bertz CT molecular complexity index is 303. The second-order valence-electron chi connectivity index (χ2n) is 7.39. The molecular formula is C18H34ClNO2. The van der Waals surface area contributed by atoms with Crippen molar-refractivity contribution in [3.63, 3.8) is 0 Å². The monoisotopic (exact) mass is 331 g/mol. The van der Waals surface area contributed by atoms with E-state index in [4.69, 9.17) is 10.5 Å². The van der Waals surface area contributed by atoms with Crippen molar-refractivity contribution in [1.82, 2.24) is 0 Å². The standard InChI is InChI=1S/C18H33NO2.ClH/c1-21-17(20)18(14-19,12-15-8-4-2-5-9-15)13-16-10-6-3-7-11-16;/h15-16H,2-14,19H2,1H3;1H. The largest absolute Gasteiger partial charge is 0.469 e. The average Bonchev–Trinajstić information content (AvgIpc) is 2.55. The second-order valence-corrected chi connectivity index (χ2v) is 7.39. The lowest BCUT2D eigenvalue weighted by Crippen LogP contribution is -2.43. The van der Waals surface area contributed by atoms with Crippen LogP contribution in [0.15, 0.2) is 0 Å². The van der Waals surface area contributed by atoms with Crippen molar-refractivity contribution in [2.24, 2.45) is 23.0 Å². The van der Waals surface area contributed by atoms with Crippen molar-refractivity contribution in [3.8, 4) is 0 Å². The van der Waals surface area contributed by atoms with Crippen molar-refractivity contribution >= 4 is 18.4 Å². The number of carbonyl (C=O) groups is 1. The zero-order chi connectivity index (χ0) is 15.1. The summed E-state index contributed by atoms with van der Waals surface area (Å²) in [6, 6.07) is 0. The van der Waals surface area contributed by atoms with Crippen molar-refractivity contribution in [3.05, 3.63) is 0 Å². The first-order chi connectivity index (χ1) is 10.2. The molecule has 130 valence electrons. The summed E-state index contributed by atoms with van der Waals surface area (Å²) in [5, 5.41) is 0. The smallest absolute Gasteiger partial charge is 0.313 e. The lowest BCUT2D eigenvalue weighted by Gasteiger charge is -2.38. The average molecular weight is 332 g/mol. The van der Waals surface area contributed by atoms with Gasteiger partial charge in [0.05, 0.1) is 12.5 Å². The molecule has 0 unspecified atom stereocenters. The Kier molecular flexibility index (Phi) is 8.78. The summed E-state index contributed by atoms with van der Waals surface area (Å²) in [5.74, 6) is 1.29. The van der Waals surface area contributed by atoms with Crippen LogP contribution in [0, 0.1) is 17.3 Å². The van der Waals surface area contributed by atoms with Crippen molar-refractivity contribution < 1.29 is 9.53 Å². The number of nitrogens with two attached hydrogens (primary N) is 1. The number of carbonyl (C=O) groups excluding carboxylic acids is 1. The molecule has 2 aliphatic rings. The fourth-order valence-corrected chi connectivity index (χ4v) is 4.60. The maximum absolute atomic E-state index is 12.5. The summed E-state index contributed by atoms with van der Waals surface area (Å²) in [6.07, 6.45) is 14.9. The summed E-state index contributed by atoms with van der Waals surface area (Å²) >= 11 is 0. The molecule has 2 rings (SSSR count). The Morgan fingerprint density at radius 2 is 1.36 bits per heavy atom. The first-order valence-corrected chi connectivity index (χ1v) is 8.98. The molecule has 0 saturated heterocycles. The van der Waals surface area contributed by atoms with E-state index >= 15 is 0 Å². The number of ether oxygens (including phenoxy) is 1. The molecule has 0 heterocycles. The van der Waals surface area contributed by atoms with Crippen LogP contribution in [0.2, 0.25) is 0 Å². The Balaban J connectivity index is 0.00000242. The first-order valence-electron chi connectivity index (χ1n) is 8.98. The molecule has 0 aromatic heterocycles. The molecular weight excluding hydrogens is 298 g/mol. The highest BCUT2D eigenvalue weighted by atomic mass is 35.5. The zero-order valence-electron chi connectivity index (χ0n) is 14.1. The van der Waals surface area contributed by atoms with Crippen LogP contribution in [0.25, 0.3) is 0 Å². The first kappa shape index (κ1) is 19.8. The number of hydrogen-bond donors (Lipinski definition) is 1. The minimum Gasteiger partial charge on any atom is -0.469 e. The predicted molar refractivity (Wildman–Crippen MR) is 93.1 cm³/mol. The highest BCUT2D eigenvalue weighted by Gasteiger charge is 2.42. The van der Waals surface area contributed by atoms with E-state index in [1.54, 1.807) is 0 Å². The number of esters is 1. The van der Waals surface area contributed by atoms with Gasteiger partial charge in [-0.25, -0.2) is 0 Å². The van der Waals surface area contributed by atoms with Crippen LogP contribution in [0.1, 0.15) is 77.0 Å². The third kappa shape index (κ3) is 5.13. The lowest BCUT2D eigenvalue weighted by atomic mass is 9.68. The Morgan fingerprint density at radius 1 is 0.955 bits per heavy atom. The van der Waals surface area contributed by atoms with E-state index in [0.717, 1.165) is 12.8 Å². The fourth-order valence-electron chi connectivity index (χ4n) is 4.60. The zero-order valence-corrected chi connectivity index (χ0v) is 15.0. The Labute approximate surface area is 142 Å². The minimum atomic E-state index is -0.418.